The summed E-state index contributed by atoms with van der Waals surface area (Å²) in [5.41, 5.74) is -1.27. The normalized spacial score (nSPS) is 17.0. The Hall–Kier alpha value is -1.06. The van der Waals surface area contributed by atoms with Crippen LogP contribution < -0.4 is 0 Å². The third-order valence-electron chi connectivity index (χ3n) is 9.17. The van der Waals surface area contributed by atoms with Crippen LogP contribution in [0, 0.1) is 33.5 Å². The van der Waals surface area contributed by atoms with Gasteiger partial charge in [0, 0.05) is 5.41 Å². The van der Waals surface area contributed by atoms with Crippen LogP contribution in [0.2, 0.25) is 0 Å². The van der Waals surface area contributed by atoms with E-state index in [1.807, 2.05) is 13.8 Å². The van der Waals surface area contributed by atoms with Crippen LogP contribution in [0.15, 0.2) is 0 Å². The van der Waals surface area contributed by atoms with E-state index in [0.29, 0.717) is 5.92 Å². The molecule has 0 aromatic rings. The van der Waals surface area contributed by atoms with Gasteiger partial charge in [0.2, 0.25) is 0 Å². The van der Waals surface area contributed by atoms with E-state index in [0.717, 1.165) is 44.9 Å². The summed E-state index contributed by atoms with van der Waals surface area (Å²) in [6.45, 7) is 29.8. The van der Waals surface area contributed by atoms with Crippen molar-refractivity contribution < 1.29 is 19.1 Å². The SMILES string of the molecule is CCC(C)CC(CC)OC(=O)C(C)(C)C(C)C(CC)(CC)C(O[C-]=O)C(C)(C)CC(C)(C)CC. The van der Waals surface area contributed by atoms with Crippen LogP contribution >= 0.6 is 0 Å². The highest BCUT2D eigenvalue weighted by Crippen LogP contribution is 2.55. The lowest BCUT2D eigenvalue weighted by Gasteiger charge is -2.56. The van der Waals surface area contributed by atoms with E-state index in [-0.39, 0.29) is 40.3 Å². The summed E-state index contributed by atoms with van der Waals surface area (Å²) in [4.78, 5) is 25.2. The van der Waals surface area contributed by atoms with Crippen molar-refractivity contribution in [2.75, 3.05) is 0 Å². The molecule has 0 aliphatic rings. The predicted molar refractivity (Wildman–Crippen MR) is 143 cm³/mol. The number of hydrogen-bond donors (Lipinski definition) is 0. The largest absolute Gasteiger partial charge is 0.650 e. The first-order chi connectivity index (χ1) is 15.5. The molecule has 0 amide bonds. The van der Waals surface area contributed by atoms with E-state index in [4.69, 9.17) is 9.47 Å². The molecule has 0 fully saturated rings. The van der Waals surface area contributed by atoms with E-state index in [9.17, 15) is 9.59 Å². The number of ether oxygens (including phenoxy) is 2. The second kappa shape index (κ2) is 13.3. The highest BCUT2D eigenvalue weighted by molar-refractivity contribution is 5.76. The van der Waals surface area contributed by atoms with Crippen molar-refractivity contribution in [2.45, 2.75) is 147 Å². The fourth-order valence-electron chi connectivity index (χ4n) is 6.13. The highest BCUT2D eigenvalue weighted by Gasteiger charge is 2.54. The minimum Gasteiger partial charge on any atom is -0.650 e. The lowest BCUT2D eigenvalue weighted by Crippen LogP contribution is -2.55. The maximum absolute atomic E-state index is 13.6. The van der Waals surface area contributed by atoms with Crippen molar-refractivity contribution >= 4 is 12.4 Å². The molecular weight excluding hydrogens is 424 g/mol. The predicted octanol–water partition coefficient (Wildman–Crippen LogP) is 8.52. The van der Waals surface area contributed by atoms with E-state index < -0.39 is 5.41 Å². The van der Waals surface area contributed by atoms with Gasteiger partial charge < -0.3 is 14.3 Å². The van der Waals surface area contributed by atoms with Crippen molar-refractivity contribution in [1.82, 2.24) is 0 Å². The Balaban J connectivity index is 6.27. The maximum atomic E-state index is 13.6. The standard InChI is InChI=1S/C30H57O4/c1-14-22(6)19-24(15-2)34-26(32)29(12,13)23(7)30(17-4,18-5)25(33-21-31)28(10,11)20-27(8,9)16-3/h22-25H,14-20H2,1-13H3/q-1. The van der Waals surface area contributed by atoms with Gasteiger partial charge in [0.05, 0.1) is 11.5 Å². The molecule has 0 saturated heterocycles. The monoisotopic (exact) mass is 481 g/mol. The molecule has 0 radical (unpaired) electrons. The Morgan fingerprint density at radius 2 is 1.38 bits per heavy atom. The second-order valence-electron chi connectivity index (χ2n) is 12.8. The van der Waals surface area contributed by atoms with Gasteiger partial charge in [-0.3, -0.25) is 4.79 Å². The highest BCUT2D eigenvalue weighted by atomic mass is 16.5. The molecule has 0 heterocycles. The lowest BCUT2D eigenvalue weighted by atomic mass is 9.53. The summed E-state index contributed by atoms with van der Waals surface area (Å²) >= 11 is 0. The third kappa shape index (κ3) is 7.98. The zero-order chi connectivity index (χ0) is 27.0. The number of rotatable bonds is 17. The molecule has 0 bridgehead atoms. The molecule has 4 heteroatoms. The molecule has 0 aromatic carbocycles. The zero-order valence-electron chi connectivity index (χ0n) is 24.9. The number of esters is 1. The molecule has 0 aromatic heterocycles. The van der Waals surface area contributed by atoms with Crippen LogP contribution in [-0.2, 0) is 19.1 Å². The summed E-state index contributed by atoms with van der Waals surface area (Å²) in [6, 6.07) is 0. The Bertz CT molecular complexity index is 615. The van der Waals surface area contributed by atoms with Crippen LogP contribution in [-0.4, -0.2) is 24.6 Å². The topological polar surface area (TPSA) is 52.6 Å². The van der Waals surface area contributed by atoms with Gasteiger partial charge in [0.1, 0.15) is 6.10 Å². The molecule has 4 atom stereocenters. The molecule has 4 nitrogen and oxygen atoms in total. The molecule has 0 rings (SSSR count). The molecule has 0 spiro atoms. The van der Waals surface area contributed by atoms with Crippen molar-refractivity contribution in [2.24, 2.45) is 33.5 Å². The molecule has 0 aliphatic carbocycles. The van der Waals surface area contributed by atoms with Crippen LogP contribution in [0.25, 0.3) is 0 Å². The van der Waals surface area contributed by atoms with Gasteiger partial charge >= 0.3 is 5.97 Å². The first-order valence-electron chi connectivity index (χ1n) is 13.8. The van der Waals surface area contributed by atoms with Gasteiger partial charge in [-0.2, -0.15) is 0 Å². The van der Waals surface area contributed by atoms with Gasteiger partial charge in [-0.1, -0.05) is 95.5 Å². The quantitative estimate of drug-likeness (QED) is 0.154. The van der Waals surface area contributed by atoms with Crippen LogP contribution in [0.4, 0.5) is 0 Å². The summed E-state index contributed by atoms with van der Waals surface area (Å²) in [7, 11) is 0. The third-order valence-corrected chi connectivity index (χ3v) is 9.17. The summed E-state index contributed by atoms with van der Waals surface area (Å²) in [6.07, 6.45) is 5.91. The average Bonchev–Trinajstić information content (AvgIpc) is 2.77. The summed E-state index contributed by atoms with van der Waals surface area (Å²) < 4.78 is 12.0. The van der Waals surface area contributed by atoms with E-state index >= 15 is 0 Å². The summed E-state index contributed by atoms with van der Waals surface area (Å²) in [5, 5.41) is 0. The number of carbonyl (C=O) groups excluding carboxylic acids is 2. The van der Waals surface area contributed by atoms with Crippen LogP contribution in [0.3, 0.4) is 0 Å². The molecule has 0 N–H and O–H groups in total. The first-order valence-corrected chi connectivity index (χ1v) is 13.8. The maximum Gasteiger partial charge on any atom is 0.312 e. The fraction of sp³-hybridized carbons (Fsp3) is 0.933. The Labute approximate surface area is 212 Å². The minimum atomic E-state index is -0.726. The Morgan fingerprint density at radius 3 is 1.76 bits per heavy atom. The van der Waals surface area contributed by atoms with Gasteiger partial charge in [-0.05, 0) is 68.6 Å². The Morgan fingerprint density at radius 1 is 0.853 bits per heavy atom. The molecule has 202 valence electrons. The number of carbonyl (C=O) groups is 1. The number of hydrogen-bond acceptors (Lipinski definition) is 4. The fourth-order valence-corrected chi connectivity index (χ4v) is 6.13. The second-order valence-corrected chi connectivity index (χ2v) is 12.8. The Kier molecular flexibility index (Phi) is 12.9. The average molecular weight is 482 g/mol. The van der Waals surface area contributed by atoms with Crippen molar-refractivity contribution in [3.8, 4) is 0 Å². The van der Waals surface area contributed by atoms with Crippen molar-refractivity contribution in [3.05, 3.63) is 0 Å². The molecular formula is C30H57O4-. The lowest BCUT2D eigenvalue weighted by molar-refractivity contribution is -0.175. The van der Waals surface area contributed by atoms with Gasteiger partial charge in [-0.15, -0.1) is 0 Å². The van der Waals surface area contributed by atoms with Gasteiger partial charge in [-0.25, -0.2) is 0 Å². The van der Waals surface area contributed by atoms with Crippen molar-refractivity contribution in [1.29, 1.82) is 0 Å². The zero-order valence-corrected chi connectivity index (χ0v) is 24.9. The summed E-state index contributed by atoms with van der Waals surface area (Å²) in [5.74, 6) is 0.306. The van der Waals surface area contributed by atoms with Gasteiger partial charge in [0.25, 0.3) is 0 Å². The molecule has 0 saturated carbocycles. The molecule has 4 unspecified atom stereocenters. The molecule has 34 heavy (non-hydrogen) atoms. The molecule has 0 aliphatic heterocycles. The van der Waals surface area contributed by atoms with Crippen molar-refractivity contribution in [3.63, 3.8) is 0 Å². The first kappa shape index (κ1) is 32.9. The van der Waals surface area contributed by atoms with E-state index in [1.165, 1.54) is 0 Å². The van der Waals surface area contributed by atoms with Gasteiger partial charge in [0.15, 0.2) is 0 Å². The van der Waals surface area contributed by atoms with Crippen LogP contribution in [0.1, 0.15) is 135 Å². The van der Waals surface area contributed by atoms with Crippen LogP contribution in [0.5, 0.6) is 0 Å². The minimum absolute atomic E-state index is 0.0639. The van der Waals surface area contributed by atoms with E-state index in [2.05, 4.69) is 76.2 Å². The van der Waals surface area contributed by atoms with E-state index in [1.54, 1.807) is 6.47 Å². The smallest absolute Gasteiger partial charge is 0.312 e.